The first-order valence-electron chi connectivity index (χ1n) is 2.91. The molecule has 8 heavy (non-hydrogen) atoms. The van der Waals surface area contributed by atoms with Gasteiger partial charge in [-0.25, -0.2) is 0 Å². The number of nitrogens with two attached hydrogens (primary N) is 1. The number of hydrogen-bond acceptors (Lipinski definition) is 2. The van der Waals surface area contributed by atoms with Crippen molar-refractivity contribution >= 4 is 0 Å². The third kappa shape index (κ3) is 1.15. The summed E-state index contributed by atoms with van der Waals surface area (Å²) in [6.45, 7) is 2.19. The van der Waals surface area contributed by atoms with Crippen molar-refractivity contribution in [2.45, 2.75) is 25.3 Å². The highest BCUT2D eigenvalue weighted by molar-refractivity contribution is 5.00. The van der Waals surface area contributed by atoms with Gasteiger partial charge in [0.2, 0.25) is 0 Å². The lowest BCUT2D eigenvalue weighted by Crippen LogP contribution is -2.21. The summed E-state index contributed by atoms with van der Waals surface area (Å²) in [4.78, 5) is 0. The summed E-state index contributed by atoms with van der Waals surface area (Å²) in [5.74, 6) is 0. The molecule has 0 saturated heterocycles. The third-order valence-electron chi connectivity index (χ3n) is 1.53. The van der Waals surface area contributed by atoms with E-state index in [0.717, 1.165) is 0 Å². The van der Waals surface area contributed by atoms with E-state index in [4.69, 9.17) is 5.73 Å². The summed E-state index contributed by atoms with van der Waals surface area (Å²) < 4.78 is 0. The fourth-order valence-corrected chi connectivity index (χ4v) is 0.581. The maximum Gasteiger partial charge on any atom is 0.0342 e. The lowest BCUT2D eigenvalue weighted by Gasteiger charge is -2.05. The van der Waals surface area contributed by atoms with Gasteiger partial charge in [-0.1, -0.05) is 0 Å². The Morgan fingerprint density at radius 3 is 2.62 bits per heavy atom. The highest BCUT2D eigenvalue weighted by Gasteiger charge is 2.35. The Morgan fingerprint density at radius 1 is 1.62 bits per heavy atom. The molecular weight excluding hydrogens is 100 g/mol. The molecule has 3 N–H and O–H groups in total. The second kappa shape index (κ2) is 1.69. The van der Waals surface area contributed by atoms with E-state index in [2.05, 4.69) is 12.2 Å². The van der Waals surface area contributed by atoms with Gasteiger partial charge in [-0.15, -0.1) is 0 Å². The van der Waals surface area contributed by atoms with Gasteiger partial charge in [-0.3, -0.25) is 0 Å². The van der Waals surface area contributed by atoms with Crippen molar-refractivity contribution < 1.29 is 0 Å². The SMILES string of the molecule is CC1(N/C=C\N)CC1. The van der Waals surface area contributed by atoms with Gasteiger partial charge in [0, 0.05) is 17.9 Å². The van der Waals surface area contributed by atoms with Crippen LogP contribution in [0.4, 0.5) is 0 Å². The topological polar surface area (TPSA) is 38.0 Å². The Bertz CT molecular complexity index is 103. The molecule has 1 saturated carbocycles. The van der Waals surface area contributed by atoms with E-state index in [-0.39, 0.29) is 0 Å². The molecule has 0 amide bonds. The number of rotatable bonds is 2. The Hall–Kier alpha value is -0.660. The molecule has 0 heterocycles. The molecule has 0 aromatic rings. The van der Waals surface area contributed by atoms with E-state index in [1.807, 2.05) is 0 Å². The molecule has 1 rings (SSSR count). The predicted molar refractivity (Wildman–Crippen MR) is 34.1 cm³/mol. The summed E-state index contributed by atoms with van der Waals surface area (Å²) in [6.07, 6.45) is 5.88. The highest BCUT2D eigenvalue weighted by atomic mass is 15.0. The van der Waals surface area contributed by atoms with Gasteiger partial charge in [-0.05, 0) is 19.8 Å². The Kier molecular flexibility index (Phi) is 1.16. The predicted octanol–water partition coefficient (Wildman–Crippen LogP) is 0.558. The van der Waals surface area contributed by atoms with Crippen LogP contribution < -0.4 is 11.1 Å². The lowest BCUT2D eigenvalue weighted by molar-refractivity contribution is 0.637. The van der Waals surface area contributed by atoms with Crippen LogP contribution in [-0.4, -0.2) is 5.54 Å². The van der Waals surface area contributed by atoms with Crippen LogP contribution in [-0.2, 0) is 0 Å². The molecule has 0 unspecified atom stereocenters. The van der Waals surface area contributed by atoms with Crippen molar-refractivity contribution in [1.29, 1.82) is 0 Å². The fourth-order valence-electron chi connectivity index (χ4n) is 0.581. The first kappa shape index (κ1) is 5.48. The van der Waals surface area contributed by atoms with Crippen molar-refractivity contribution in [1.82, 2.24) is 5.32 Å². The Balaban J connectivity index is 2.19. The second-order valence-electron chi connectivity index (χ2n) is 2.56. The first-order chi connectivity index (χ1) is 3.77. The van der Waals surface area contributed by atoms with Gasteiger partial charge in [0.05, 0.1) is 0 Å². The molecule has 2 heteroatoms. The third-order valence-corrected chi connectivity index (χ3v) is 1.53. The molecule has 1 aliphatic rings. The van der Waals surface area contributed by atoms with Crippen LogP contribution in [0.1, 0.15) is 19.8 Å². The highest BCUT2D eigenvalue weighted by Crippen LogP contribution is 2.33. The van der Waals surface area contributed by atoms with E-state index in [0.29, 0.717) is 5.54 Å². The quantitative estimate of drug-likeness (QED) is 0.547. The first-order valence-corrected chi connectivity index (χ1v) is 2.91. The zero-order valence-corrected chi connectivity index (χ0v) is 5.15. The minimum atomic E-state index is 0.385. The molecule has 0 atom stereocenters. The minimum absolute atomic E-state index is 0.385. The molecule has 2 nitrogen and oxygen atoms in total. The van der Waals surface area contributed by atoms with Gasteiger partial charge in [0.1, 0.15) is 0 Å². The standard InChI is InChI=1S/C6H12N2/c1-6(2-3-6)8-5-4-7/h4-5,8H,2-3,7H2,1H3/b5-4-. The number of nitrogens with one attached hydrogen (secondary N) is 1. The van der Waals surface area contributed by atoms with E-state index < -0.39 is 0 Å². The molecule has 0 spiro atoms. The van der Waals surface area contributed by atoms with Crippen molar-refractivity contribution in [3.8, 4) is 0 Å². The number of hydrogen-bond donors (Lipinski definition) is 2. The lowest BCUT2D eigenvalue weighted by atomic mass is 10.3. The summed E-state index contributed by atoms with van der Waals surface area (Å²) >= 11 is 0. The molecule has 0 aromatic heterocycles. The van der Waals surface area contributed by atoms with Crippen LogP contribution in [0.2, 0.25) is 0 Å². The van der Waals surface area contributed by atoms with Crippen molar-refractivity contribution in [2.24, 2.45) is 5.73 Å². The molecule has 1 fully saturated rings. The summed E-state index contributed by atoms with van der Waals surface area (Å²) in [5, 5.41) is 3.18. The van der Waals surface area contributed by atoms with Crippen LogP contribution in [0.25, 0.3) is 0 Å². The van der Waals surface area contributed by atoms with Gasteiger partial charge in [0.15, 0.2) is 0 Å². The molecule has 1 aliphatic carbocycles. The van der Waals surface area contributed by atoms with Crippen molar-refractivity contribution in [3.63, 3.8) is 0 Å². The molecule has 0 aromatic carbocycles. The largest absolute Gasteiger partial charge is 0.403 e. The molecule has 0 bridgehead atoms. The van der Waals surface area contributed by atoms with Gasteiger partial charge >= 0.3 is 0 Å². The van der Waals surface area contributed by atoms with Crippen LogP contribution >= 0.6 is 0 Å². The summed E-state index contributed by atoms with van der Waals surface area (Å²) in [5.41, 5.74) is 5.51. The zero-order valence-electron chi connectivity index (χ0n) is 5.15. The van der Waals surface area contributed by atoms with E-state index in [1.165, 1.54) is 19.0 Å². The molecule has 0 aliphatic heterocycles. The average Bonchev–Trinajstić information content (AvgIpc) is 2.45. The summed E-state index contributed by atoms with van der Waals surface area (Å²) in [6, 6.07) is 0. The van der Waals surface area contributed by atoms with E-state index in [1.54, 1.807) is 6.20 Å². The van der Waals surface area contributed by atoms with Crippen molar-refractivity contribution in [2.75, 3.05) is 0 Å². The smallest absolute Gasteiger partial charge is 0.0342 e. The average molecular weight is 112 g/mol. The van der Waals surface area contributed by atoms with Gasteiger partial charge < -0.3 is 11.1 Å². The van der Waals surface area contributed by atoms with Crippen LogP contribution in [0.15, 0.2) is 12.4 Å². The molecule has 46 valence electrons. The van der Waals surface area contributed by atoms with Gasteiger partial charge in [0.25, 0.3) is 0 Å². The van der Waals surface area contributed by atoms with Crippen LogP contribution in [0.3, 0.4) is 0 Å². The second-order valence-corrected chi connectivity index (χ2v) is 2.56. The fraction of sp³-hybridized carbons (Fsp3) is 0.667. The Morgan fingerprint density at radius 2 is 2.25 bits per heavy atom. The normalized spacial score (nSPS) is 23.6. The van der Waals surface area contributed by atoms with Gasteiger partial charge in [-0.2, -0.15) is 0 Å². The maximum atomic E-state index is 5.12. The van der Waals surface area contributed by atoms with Crippen molar-refractivity contribution in [3.05, 3.63) is 12.4 Å². The molecular formula is C6H12N2. The molecule has 0 radical (unpaired) electrons. The van der Waals surface area contributed by atoms with Crippen LogP contribution in [0, 0.1) is 0 Å². The Labute approximate surface area is 49.8 Å². The minimum Gasteiger partial charge on any atom is -0.403 e. The van der Waals surface area contributed by atoms with Crippen LogP contribution in [0.5, 0.6) is 0 Å². The summed E-state index contributed by atoms with van der Waals surface area (Å²) in [7, 11) is 0. The van der Waals surface area contributed by atoms with E-state index >= 15 is 0 Å². The maximum absolute atomic E-state index is 5.12. The van der Waals surface area contributed by atoms with E-state index in [9.17, 15) is 0 Å². The zero-order chi connectivity index (χ0) is 6.04. The monoisotopic (exact) mass is 112 g/mol.